The van der Waals surface area contributed by atoms with Crippen LogP contribution in [0.3, 0.4) is 0 Å². The van der Waals surface area contributed by atoms with Crippen LogP contribution in [0, 0.1) is 0 Å². The number of nitrogens with zero attached hydrogens (tertiary/aromatic N) is 2. The topological polar surface area (TPSA) is 130 Å². The van der Waals surface area contributed by atoms with Gasteiger partial charge in [0.05, 0.1) is 11.1 Å². The second-order valence-electron chi connectivity index (χ2n) is 7.89. The number of nitrogens with two attached hydrogens (primary N) is 1. The molecule has 9 heteroatoms. The lowest BCUT2D eigenvalue weighted by molar-refractivity contribution is 0.0185. The molecule has 1 saturated heterocycles. The summed E-state index contributed by atoms with van der Waals surface area (Å²) in [5.41, 5.74) is 5.96. The van der Waals surface area contributed by atoms with E-state index in [9.17, 15) is 14.4 Å². The van der Waals surface area contributed by atoms with Crippen LogP contribution in [0.4, 0.5) is 4.79 Å². The molecule has 3 rings (SSSR count). The van der Waals surface area contributed by atoms with Crippen LogP contribution in [0.1, 0.15) is 54.6 Å². The Kier molecular flexibility index (Phi) is 5.26. The molecule has 1 aliphatic heterocycles. The van der Waals surface area contributed by atoms with Crippen LogP contribution in [0.5, 0.6) is 0 Å². The minimum Gasteiger partial charge on any atom is -0.444 e. The molecule has 3 amide bonds. The van der Waals surface area contributed by atoms with Crippen molar-refractivity contribution < 1.29 is 19.1 Å². The Morgan fingerprint density at radius 1 is 1.32 bits per heavy atom. The molecule has 0 bridgehead atoms. The highest BCUT2D eigenvalue weighted by Gasteiger charge is 2.29. The molecule has 1 aliphatic rings. The smallest absolute Gasteiger partial charge is 0.410 e. The van der Waals surface area contributed by atoms with Gasteiger partial charge in [0.1, 0.15) is 11.1 Å². The average Bonchev–Trinajstić information content (AvgIpc) is 3.04. The third kappa shape index (κ3) is 4.41. The van der Waals surface area contributed by atoms with Crippen LogP contribution in [0.2, 0.25) is 0 Å². The molecule has 4 N–H and O–H groups in total. The van der Waals surface area contributed by atoms with Crippen LogP contribution in [-0.2, 0) is 4.74 Å². The molecule has 150 valence electrons. The number of piperidine rings is 1. The van der Waals surface area contributed by atoms with Gasteiger partial charge in [0, 0.05) is 19.1 Å². The number of hydrogen-bond acceptors (Lipinski definition) is 5. The predicted octanol–water partition coefficient (Wildman–Crippen LogP) is 1.79. The molecule has 9 nitrogen and oxygen atoms in total. The maximum Gasteiger partial charge on any atom is 0.410 e. The van der Waals surface area contributed by atoms with E-state index in [0.717, 1.165) is 12.8 Å². The van der Waals surface area contributed by atoms with Gasteiger partial charge in [-0.05, 0) is 45.7 Å². The van der Waals surface area contributed by atoms with Crippen molar-refractivity contribution in [3.05, 3.63) is 29.6 Å². The van der Waals surface area contributed by atoms with E-state index >= 15 is 0 Å². The van der Waals surface area contributed by atoms with Crippen molar-refractivity contribution in [3.63, 3.8) is 0 Å². The summed E-state index contributed by atoms with van der Waals surface area (Å²) in [4.78, 5) is 45.1. The summed E-state index contributed by atoms with van der Waals surface area (Å²) in [5.74, 6) is -0.912. The minimum atomic E-state index is -0.607. The summed E-state index contributed by atoms with van der Waals surface area (Å²) in [6, 6.07) is 4.74. The number of aromatic nitrogens is 2. The van der Waals surface area contributed by atoms with Crippen LogP contribution in [-0.4, -0.2) is 57.5 Å². The van der Waals surface area contributed by atoms with Crippen molar-refractivity contribution in [1.82, 2.24) is 20.2 Å². The van der Waals surface area contributed by atoms with Crippen molar-refractivity contribution in [2.24, 2.45) is 5.73 Å². The normalized spacial score (nSPS) is 17.4. The molecule has 1 aromatic carbocycles. The summed E-state index contributed by atoms with van der Waals surface area (Å²) in [7, 11) is 0. The molecular formula is C19H25N5O4. The number of likely N-dealkylation sites (tertiary alicyclic amines) is 1. The fraction of sp³-hybridized carbons (Fsp3) is 0.474. The van der Waals surface area contributed by atoms with Crippen molar-refractivity contribution in [2.75, 3.05) is 13.1 Å². The van der Waals surface area contributed by atoms with E-state index in [1.807, 2.05) is 20.8 Å². The lowest BCUT2D eigenvalue weighted by Crippen LogP contribution is -2.50. The number of ether oxygens (including phenoxy) is 1. The second kappa shape index (κ2) is 7.49. The molecule has 0 aliphatic carbocycles. The van der Waals surface area contributed by atoms with Gasteiger partial charge < -0.3 is 25.7 Å². The highest BCUT2D eigenvalue weighted by atomic mass is 16.6. The summed E-state index contributed by atoms with van der Waals surface area (Å²) >= 11 is 0. The first kappa shape index (κ1) is 19.7. The number of carbonyl (C=O) groups excluding carboxylic acids is 3. The molecule has 0 spiro atoms. The van der Waals surface area contributed by atoms with Crippen molar-refractivity contribution in [3.8, 4) is 0 Å². The SMILES string of the molecule is CC(C)(C)OC(=O)N1CCCC(NC(=O)c2nc3c(C(N)=O)cccc3[nH]2)C1. The molecule has 0 saturated carbocycles. The second-order valence-corrected chi connectivity index (χ2v) is 7.89. The largest absolute Gasteiger partial charge is 0.444 e. The Balaban J connectivity index is 1.69. The van der Waals surface area contributed by atoms with Gasteiger partial charge in [0.15, 0.2) is 5.82 Å². The third-order valence-corrected chi connectivity index (χ3v) is 4.40. The van der Waals surface area contributed by atoms with Gasteiger partial charge >= 0.3 is 6.09 Å². The third-order valence-electron chi connectivity index (χ3n) is 4.40. The number of para-hydroxylation sites is 1. The average molecular weight is 387 g/mol. The summed E-state index contributed by atoms with van der Waals surface area (Å²) in [6.07, 6.45) is 1.12. The summed E-state index contributed by atoms with van der Waals surface area (Å²) in [6.45, 7) is 6.41. The van der Waals surface area contributed by atoms with Crippen molar-refractivity contribution in [2.45, 2.75) is 45.3 Å². The van der Waals surface area contributed by atoms with E-state index in [1.165, 1.54) is 0 Å². The number of amides is 3. The molecule has 1 aromatic heterocycles. The lowest BCUT2D eigenvalue weighted by atomic mass is 10.1. The molecule has 1 atom stereocenters. The number of benzene rings is 1. The molecule has 1 unspecified atom stereocenters. The predicted molar refractivity (Wildman–Crippen MR) is 103 cm³/mol. The van der Waals surface area contributed by atoms with Gasteiger partial charge in [-0.15, -0.1) is 0 Å². The number of primary amides is 1. The quantitative estimate of drug-likeness (QED) is 0.739. The molecule has 2 heterocycles. The Morgan fingerprint density at radius 2 is 2.07 bits per heavy atom. The lowest BCUT2D eigenvalue weighted by Gasteiger charge is -2.34. The zero-order valence-corrected chi connectivity index (χ0v) is 16.2. The number of H-pyrrole nitrogens is 1. The van der Waals surface area contributed by atoms with Gasteiger partial charge in [0.25, 0.3) is 11.8 Å². The monoisotopic (exact) mass is 387 g/mol. The van der Waals surface area contributed by atoms with Gasteiger partial charge in [-0.25, -0.2) is 9.78 Å². The van der Waals surface area contributed by atoms with E-state index in [1.54, 1.807) is 23.1 Å². The van der Waals surface area contributed by atoms with Gasteiger partial charge in [-0.3, -0.25) is 9.59 Å². The van der Waals surface area contributed by atoms with Gasteiger partial charge in [0.2, 0.25) is 0 Å². The standard InChI is InChI=1S/C19H25N5O4/c1-19(2,3)28-18(27)24-9-5-6-11(10-24)21-17(26)16-22-13-8-4-7-12(15(20)25)14(13)23-16/h4,7-8,11H,5-6,9-10H2,1-3H3,(H2,20,25)(H,21,26)(H,22,23). The first-order valence-electron chi connectivity index (χ1n) is 9.21. The summed E-state index contributed by atoms with van der Waals surface area (Å²) < 4.78 is 5.40. The first-order chi connectivity index (χ1) is 13.1. The number of fused-ring (bicyclic) bond motifs is 1. The highest BCUT2D eigenvalue weighted by molar-refractivity contribution is 6.05. The number of carbonyl (C=O) groups is 3. The van der Waals surface area contributed by atoms with Crippen LogP contribution >= 0.6 is 0 Å². The Labute approximate surface area is 162 Å². The van der Waals surface area contributed by atoms with Crippen molar-refractivity contribution >= 4 is 28.9 Å². The van der Waals surface area contributed by atoms with Crippen LogP contribution < -0.4 is 11.1 Å². The number of hydrogen-bond donors (Lipinski definition) is 3. The number of rotatable bonds is 3. The van der Waals surface area contributed by atoms with Gasteiger partial charge in [-0.1, -0.05) is 6.07 Å². The summed E-state index contributed by atoms with van der Waals surface area (Å²) in [5, 5.41) is 2.89. The van der Waals surface area contributed by atoms with E-state index in [-0.39, 0.29) is 23.5 Å². The number of aromatic amines is 1. The first-order valence-corrected chi connectivity index (χ1v) is 9.21. The van der Waals surface area contributed by atoms with E-state index in [0.29, 0.717) is 24.1 Å². The Bertz CT molecular complexity index is 915. The van der Waals surface area contributed by atoms with Crippen LogP contribution in [0.25, 0.3) is 11.0 Å². The van der Waals surface area contributed by atoms with Crippen molar-refractivity contribution in [1.29, 1.82) is 0 Å². The maximum absolute atomic E-state index is 12.6. The fourth-order valence-electron chi connectivity index (χ4n) is 3.18. The molecule has 0 radical (unpaired) electrons. The zero-order valence-electron chi connectivity index (χ0n) is 16.2. The molecular weight excluding hydrogens is 362 g/mol. The van der Waals surface area contributed by atoms with E-state index < -0.39 is 17.4 Å². The Hall–Kier alpha value is -3.10. The minimum absolute atomic E-state index is 0.0955. The number of nitrogens with one attached hydrogen (secondary N) is 2. The van der Waals surface area contributed by atoms with Gasteiger partial charge in [-0.2, -0.15) is 0 Å². The molecule has 2 aromatic rings. The highest BCUT2D eigenvalue weighted by Crippen LogP contribution is 2.18. The Morgan fingerprint density at radius 3 is 2.75 bits per heavy atom. The molecule has 28 heavy (non-hydrogen) atoms. The van der Waals surface area contributed by atoms with E-state index in [4.69, 9.17) is 10.5 Å². The molecule has 1 fully saturated rings. The zero-order chi connectivity index (χ0) is 20.5. The maximum atomic E-state index is 12.6. The van der Waals surface area contributed by atoms with E-state index in [2.05, 4.69) is 15.3 Å². The fourth-order valence-corrected chi connectivity index (χ4v) is 3.18. The van der Waals surface area contributed by atoms with Crippen LogP contribution in [0.15, 0.2) is 18.2 Å². The number of imidazole rings is 1.